The lowest BCUT2D eigenvalue weighted by Gasteiger charge is -2.07. The summed E-state index contributed by atoms with van der Waals surface area (Å²) in [6.07, 6.45) is 0.808. The summed E-state index contributed by atoms with van der Waals surface area (Å²) in [7, 11) is 0. The predicted molar refractivity (Wildman–Crippen MR) is 77.8 cm³/mol. The minimum atomic E-state index is 0.493. The fourth-order valence-electron chi connectivity index (χ4n) is 1.24. The maximum Gasteiger partial charge on any atom is 0.150 e. The van der Waals surface area contributed by atoms with Crippen LogP contribution in [0.1, 0.15) is 10.4 Å². The molecule has 1 aromatic carbocycles. The molecule has 0 spiro atoms. The number of alkyl halides is 1. The summed E-state index contributed by atoms with van der Waals surface area (Å²) in [5, 5.41) is 0. The summed E-state index contributed by atoms with van der Waals surface area (Å²) >= 11 is 2.27. The van der Waals surface area contributed by atoms with E-state index >= 15 is 0 Å². The molecule has 1 aromatic rings. The van der Waals surface area contributed by atoms with E-state index in [4.69, 9.17) is 14.2 Å². The van der Waals surface area contributed by atoms with Crippen molar-refractivity contribution in [1.82, 2.24) is 0 Å². The number of halogens is 1. The first kappa shape index (κ1) is 15.4. The SMILES string of the molecule is O=Cc1ccc(OCCOCCOCCI)cc1. The fraction of sp³-hybridized carbons (Fsp3) is 0.462. The lowest BCUT2D eigenvalue weighted by Crippen LogP contribution is -2.11. The Morgan fingerprint density at radius 3 is 2.17 bits per heavy atom. The van der Waals surface area contributed by atoms with E-state index in [9.17, 15) is 4.79 Å². The molecular formula is C13H17IO4. The average Bonchev–Trinajstić information content (AvgIpc) is 2.42. The molecule has 0 aromatic heterocycles. The molecule has 0 saturated carbocycles. The van der Waals surface area contributed by atoms with Crippen LogP contribution in [0.3, 0.4) is 0 Å². The lowest BCUT2D eigenvalue weighted by atomic mass is 10.2. The van der Waals surface area contributed by atoms with Crippen molar-refractivity contribution < 1.29 is 19.0 Å². The van der Waals surface area contributed by atoms with E-state index in [1.807, 2.05) is 0 Å². The van der Waals surface area contributed by atoms with Crippen molar-refractivity contribution in [2.45, 2.75) is 0 Å². The Labute approximate surface area is 121 Å². The average molecular weight is 364 g/mol. The third-order valence-electron chi connectivity index (χ3n) is 2.11. The lowest BCUT2D eigenvalue weighted by molar-refractivity contribution is 0.0417. The molecule has 100 valence electrons. The maximum atomic E-state index is 10.5. The topological polar surface area (TPSA) is 44.8 Å². The zero-order valence-corrected chi connectivity index (χ0v) is 12.3. The zero-order chi connectivity index (χ0) is 13.1. The third kappa shape index (κ3) is 6.93. The molecule has 0 atom stereocenters. The number of benzene rings is 1. The van der Waals surface area contributed by atoms with E-state index in [0.717, 1.165) is 23.1 Å². The molecule has 0 aliphatic heterocycles. The molecule has 1 rings (SSSR count). The van der Waals surface area contributed by atoms with Gasteiger partial charge < -0.3 is 14.2 Å². The zero-order valence-electron chi connectivity index (χ0n) is 10.1. The van der Waals surface area contributed by atoms with Gasteiger partial charge in [-0.25, -0.2) is 0 Å². The van der Waals surface area contributed by atoms with Crippen LogP contribution in [-0.4, -0.2) is 43.7 Å². The van der Waals surface area contributed by atoms with Crippen LogP contribution in [0.5, 0.6) is 5.75 Å². The van der Waals surface area contributed by atoms with Gasteiger partial charge in [0.25, 0.3) is 0 Å². The normalized spacial score (nSPS) is 10.3. The molecule has 0 aliphatic carbocycles. The van der Waals surface area contributed by atoms with Gasteiger partial charge in [0.05, 0.1) is 26.4 Å². The van der Waals surface area contributed by atoms with Crippen molar-refractivity contribution in [3.05, 3.63) is 29.8 Å². The molecule has 0 radical (unpaired) electrons. The molecule has 0 N–H and O–H groups in total. The van der Waals surface area contributed by atoms with Gasteiger partial charge in [0.15, 0.2) is 0 Å². The Morgan fingerprint density at radius 1 is 0.944 bits per heavy atom. The molecule has 0 unspecified atom stereocenters. The largest absolute Gasteiger partial charge is 0.491 e. The summed E-state index contributed by atoms with van der Waals surface area (Å²) < 4.78 is 17.1. The summed E-state index contributed by atoms with van der Waals surface area (Å²) in [5.74, 6) is 0.741. The highest BCUT2D eigenvalue weighted by Crippen LogP contribution is 2.10. The minimum Gasteiger partial charge on any atom is -0.491 e. The number of hydrogen-bond acceptors (Lipinski definition) is 4. The number of aldehydes is 1. The highest BCUT2D eigenvalue weighted by atomic mass is 127. The molecule has 0 saturated heterocycles. The molecule has 0 heterocycles. The van der Waals surface area contributed by atoms with E-state index < -0.39 is 0 Å². The highest BCUT2D eigenvalue weighted by molar-refractivity contribution is 14.1. The van der Waals surface area contributed by atoms with Crippen molar-refractivity contribution in [2.75, 3.05) is 37.5 Å². The van der Waals surface area contributed by atoms with Gasteiger partial charge in [-0.3, -0.25) is 4.79 Å². The first-order valence-electron chi connectivity index (χ1n) is 5.76. The van der Waals surface area contributed by atoms with Gasteiger partial charge in [0.2, 0.25) is 0 Å². The number of carbonyl (C=O) groups is 1. The first-order chi connectivity index (χ1) is 8.86. The van der Waals surface area contributed by atoms with Crippen LogP contribution in [-0.2, 0) is 9.47 Å². The molecule has 0 bridgehead atoms. The monoisotopic (exact) mass is 364 g/mol. The summed E-state index contributed by atoms with van der Waals surface area (Å²) in [6.45, 7) is 3.00. The number of hydrogen-bond donors (Lipinski definition) is 0. The van der Waals surface area contributed by atoms with E-state index in [-0.39, 0.29) is 0 Å². The van der Waals surface area contributed by atoms with E-state index in [2.05, 4.69) is 22.6 Å². The number of rotatable bonds is 10. The van der Waals surface area contributed by atoms with Crippen LogP contribution >= 0.6 is 22.6 Å². The van der Waals surface area contributed by atoms with Crippen LogP contribution in [0.15, 0.2) is 24.3 Å². The second-order valence-corrected chi connectivity index (χ2v) is 4.53. The molecule has 0 amide bonds. The highest BCUT2D eigenvalue weighted by Gasteiger charge is 1.95. The van der Waals surface area contributed by atoms with Crippen molar-refractivity contribution in [1.29, 1.82) is 0 Å². The van der Waals surface area contributed by atoms with Crippen LogP contribution in [0, 0.1) is 0 Å². The van der Waals surface area contributed by atoms with Crippen LogP contribution in [0.25, 0.3) is 0 Å². The number of ether oxygens (including phenoxy) is 3. The van der Waals surface area contributed by atoms with E-state index in [0.29, 0.717) is 32.0 Å². The van der Waals surface area contributed by atoms with Gasteiger partial charge >= 0.3 is 0 Å². The molecule has 18 heavy (non-hydrogen) atoms. The Balaban J connectivity index is 2.01. The van der Waals surface area contributed by atoms with Gasteiger partial charge in [0, 0.05) is 9.99 Å². The standard InChI is InChI=1S/C13H17IO4/c14-5-6-16-7-8-17-9-10-18-13-3-1-12(11-15)2-4-13/h1-4,11H,5-10H2. The van der Waals surface area contributed by atoms with Crippen LogP contribution in [0.2, 0.25) is 0 Å². The second kappa shape index (κ2) is 10.3. The second-order valence-electron chi connectivity index (χ2n) is 3.45. The van der Waals surface area contributed by atoms with Gasteiger partial charge in [0.1, 0.15) is 18.6 Å². The quantitative estimate of drug-likeness (QED) is 0.277. The van der Waals surface area contributed by atoms with Crippen LogP contribution in [0.4, 0.5) is 0 Å². The summed E-state index contributed by atoms with van der Waals surface area (Å²) in [5.41, 5.74) is 0.644. The molecular weight excluding hydrogens is 347 g/mol. The summed E-state index contributed by atoms with van der Waals surface area (Å²) in [6, 6.07) is 6.99. The molecule has 0 aliphatic rings. The number of carbonyl (C=O) groups excluding carboxylic acids is 1. The van der Waals surface area contributed by atoms with E-state index in [1.54, 1.807) is 24.3 Å². The van der Waals surface area contributed by atoms with E-state index in [1.165, 1.54) is 0 Å². The van der Waals surface area contributed by atoms with Crippen molar-refractivity contribution in [3.8, 4) is 5.75 Å². The molecule has 4 nitrogen and oxygen atoms in total. The fourth-order valence-corrected chi connectivity index (χ4v) is 1.55. The predicted octanol–water partition coefficient (Wildman–Crippen LogP) is 2.35. The minimum absolute atomic E-state index is 0.493. The third-order valence-corrected chi connectivity index (χ3v) is 2.55. The van der Waals surface area contributed by atoms with Gasteiger partial charge in [-0.15, -0.1) is 0 Å². The summed E-state index contributed by atoms with van der Waals surface area (Å²) in [4.78, 5) is 10.5. The van der Waals surface area contributed by atoms with Crippen LogP contribution < -0.4 is 4.74 Å². The maximum absolute atomic E-state index is 10.5. The van der Waals surface area contributed by atoms with Gasteiger partial charge in [-0.2, -0.15) is 0 Å². The first-order valence-corrected chi connectivity index (χ1v) is 7.29. The smallest absolute Gasteiger partial charge is 0.150 e. The Hall–Kier alpha value is -0.660. The van der Waals surface area contributed by atoms with Gasteiger partial charge in [-0.05, 0) is 24.3 Å². The van der Waals surface area contributed by atoms with Crippen molar-refractivity contribution in [3.63, 3.8) is 0 Å². The van der Waals surface area contributed by atoms with Crippen molar-refractivity contribution in [2.24, 2.45) is 0 Å². The van der Waals surface area contributed by atoms with Crippen molar-refractivity contribution >= 4 is 28.9 Å². The molecule has 0 fully saturated rings. The Kier molecular flexibility index (Phi) is 8.79. The van der Waals surface area contributed by atoms with Gasteiger partial charge in [-0.1, -0.05) is 22.6 Å². The Morgan fingerprint density at radius 2 is 1.56 bits per heavy atom. The Bertz CT molecular complexity index is 326. The molecule has 5 heteroatoms.